The third-order valence-electron chi connectivity index (χ3n) is 1.94. The lowest BCUT2D eigenvalue weighted by Crippen LogP contribution is -2.35. The predicted octanol–water partition coefficient (Wildman–Crippen LogP) is 0.261. The Labute approximate surface area is 88.4 Å². The highest BCUT2D eigenvalue weighted by atomic mass is 16.2. The minimum Gasteiger partial charge on any atom is -0.319 e. The number of terminal acetylenes is 1. The largest absolute Gasteiger partial charge is 0.319 e. The van der Waals surface area contributed by atoms with Gasteiger partial charge in [0, 0.05) is 18.2 Å². The highest BCUT2D eigenvalue weighted by Crippen LogP contribution is 2.06. The van der Waals surface area contributed by atoms with Gasteiger partial charge in [-0.15, -0.1) is 12.3 Å². The highest BCUT2D eigenvalue weighted by molar-refractivity contribution is 5.94. The van der Waals surface area contributed by atoms with Crippen LogP contribution in [0.1, 0.15) is 19.0 Å². The van der Waals surface area contributed by atoms with Crippen LogP contribution < -0.4 is 11.1 Å². The first-order valence-electron chi connectivity index (χ1n) is 4.71. The molecule has 0 fully saturated rings. The molecule has 0 aliphatic rings. The molecule has 1 heterocycles. The van der Waals surface area contributed by atoms with Crippen molar-refractivity contribution in [1.82, 2.24) is 10.2 Å². The maximum absolute atomic E-state index is 11.4. The molecular weight excluding hydrogens is 192 g/mol. The van der Waals surface area contributed by atoms with E-state index < -0.39 is 6.04 Å². The molecule has 0 saturated carbocycles. The number of hydrogen-bond donors (Lipinski definition) is 3. The lowest BCUT2D eigenvalue weighted by atomic mass is 10.2. The molecule has 1 amide bonds. The van der Waals surface area contributed by atoms with Crippen molar-refractivity contribution in [2.75, 3.05) is 5.32 Å². The lowest BCUT2D eigenvalue weighted by Gasteiger charge is -2.06. The zero-order chi connectivity index (χ0) is 11.3. The monoisotopic (exact) mass is 206 g/mol. The van der Waals surface area contributed by atoms with Crippen molar-refractivity contribution < 1.29 is 4.79 Å². The molecule has 1 atom stereocenters. The lowest BCUT2D eigenvalue weighted by molar-refractivity contribution is -0.117. The van der Waals surface area contributed by atoms with Gasteiger partial charge in [0.25, 0.3) is 0 Å². The summed E-state index contributed by atoms with van der Waals surface area (Å²) in [5.74, 6) is 2.50. The van der Waals surface area contributed by atoms with E-state index in [0.29, 0.717) is 5.82 Å². The zero-order valence-corrected chi connectivity index (χ0v) is 8.58. The molecule has 1 rings (SSSR count). The summed E-state index contributed by atoms with van der Waals surface area (Å²) in [5, 5.41) is 9.27. The Morgan fingerprint density at radius 1 is 1.87 bits per heavy atom. The van der Waals surface area contributed by atoms with Crippen LogP contribution in [0, 0.1) is 12.3 Å². The molecule has 0 saturated heterocycles. The van der Waals surface area contributed by atoms with E-state index in [4.69, 9.17) is 12.2 Å². The van der Waals surface area contributed by atoms with Gasteiger partial charge in [0.2, 0.25) is 5.91 Å². The Balaban J connectivity index is 2.55. The molecule has 0 spiro atoms. The van der Waals surface area contributed by atoms with Crippen molar-refractivity contribution in [3.8, 4) is 12.3 Å². The summed E-state index contributed by atoms with van der Waals surface area (Å²) in [6, 6.07) is 1.08. The van der Waals surface area contributed by atoms with Crippen LogP contribution >= 0.6 is 0 Å². The molecule has 0 bridgehead atoms. The summed E-state index contributed by atoms with van der Waals surface area (Å²) in [5.41, 5.74) is 6.48. The van der Waals surface area contributed by atoms with Crippen molar-refractivity contribution in [2.24, 2.45) is 5.73 Å². The number of nitrogens with two attached hydrogens (primary N) is 1. The number of amides is 1. The number of aryl methyl sites for hydroxylation is 1. The summed E-state index contributed by atoms with van der Waals surface area (Å²) in [6.07, 6.45) is 6.11. The molecule has 80 valence electrons. The first-order valence-corrected chi connectivity index (χ1v) is 4.71. The fourth-order valence-electron chi connectivity index (χ4n) is 1.05. The average Bonchev–Trinajstić information content (AvgIpc) is 2.66. The van der Waals surface area contributed by atoms with Crippen LogP contribution in [0.2, 0.25) is 0 Å². The standard InChI is InChI=1S/C10H14N4O/c1-3-5-8(11)10(15)12-9-6-7(4-2)13-14-9/h1,6,8H,4-5,11H2,2H3,(H2,12,13,14,15). The number of H-pyrrole nitrogens is 1. The molecule has 4 N–H and O–H groups in total. The van der Waals surface area contributed by atoms with Crippen LogP contribution in [-0.4, -0.2) is 22.1 Å². The maximum Gasteiger partial charge on any atom is 0.243 e. The molecule has 0 radical (unpaired) electrons. The SMILES string of the molecule is C#CCC(N)C(=O)Nc1cc(CC)[nH]n1. The summed E-state index contributed by atoms with van der Waals surface area (Å²) in [4.78, 5) is 11.4. The van der Waals surface area contributed by atoms with Crippen molar-refractivity contribution in [3.63, 3.8) is 0 Å². The predicted molar refractivity (Wildman–Crippen MR) is 58.0 cm³/mol. The second kappa shape index (κ2) is 5.17. The Bertz CT molecular complexity index is 377. The third-order valence-corrected chi connectivity index (χ3v) is 1.94. The number of anilines is 1. The molecule has 15 heavy (non-hydrogen) atoms. The van der Waals surface area contributed by atoms with Gasteiger partial charge < -0.3 is 11.1 Å². The third kappa shape index (κ3) is 3.11. The smallest absolute Gasteiger partial charge is 0.243 e. The Kier molecular flexibility index (Phi) is 3.89. The van der Waals surface area contributed by atoms with Crippen LogP contribution in [0.5, 0.6) is 0 Å². The number of nitrogens with zero attached hydrogens (tertiary/aromatic N) is 1. The van der Waals surface area contributed by atoms with Gasteiger partial charge in [-0.2, -0.15) is 5.10 Å². The van der Waals surface area contributed by atoms with E-state index in [1.807, 2.05) is 6.92 Å². The van der Waals surface area contributed by atoms with E-state index in [1.165, 1.54) is 0 Å². The highest BCUT2D eigenvalue weighted by Gasteiger charge is 2.13. The summed E-state index contributed by atoms with van der Waals surface area (Å²) in [7, 11) is 0. The van der Waals surface area contributed by atoms with E-state index in [0.717, 1.165) is 12.1 Å². The summed E-state index contributed by atoms with van der Waals surface area (Å²) >= 11 is 0. The van der Waals surface area contributed by atoms with Gasteiger partial charge in [0.1, 0.15) is 0 Å². The van der Waals surface area contributed by atoms with Crippen molar-refractivity contribution >= 4 is 11.7 Å². The first kappa shape index (κ1) is 11.3. The van der Waals surface area contributed by atoms with E-state index in [9.17, 15) is 4.79 Å². The van der Waals surface area contributed by atoms with Gasteiger partial charge >= 0.3 is 0 Å². The van der Waals surface area contributed by atoms with Gasteiger partial charge in [-0.3, -0.25) is 9.89 Å². The molecule has 0 aromatic carbocycles. The second-order valence-corrected chi connectivity index (χ2v) is 3.14. The van der Waals surface area contributed by atoms with Gasteiger partial charge in [0.05, 0.1) is 6.04 Å². The molecule has 1 aromatic heterocycles. The van der Waals surface area contributed by atoms with Crippen LogP contribution in [0.25, 0.3) is 0 Å². The first-order chi connectivity index (χ1) is 7.17. The van der Waals surface area contributed by atoms with E-state index in [-0.39, 0.29) is 12.3 Å². The summed E-state index contributed by atoms with van der Waals surface area (Å²) in [6.45, 7) is 1.99. The molecule has 0 aliphatic carbocycles. The number of rotatable bonds is 4. The van der Waals surface area contributed by atoms with Crippen LogP contribution in [0.4, 0.5) is 5.82 Å². The van der Waals surface area contributed by atoms with Gasteiger partial charge in [-0.25, -0.2) is 0 Å². The zero-order valence-electron chi connectivity index (χ0n) is 8.58. The normalized spacial score (nSPS) is 11.8. The Hall–Kier alpha value is -1.80. The topological polar surface area (TPSA) is 83.8 Å². The Morgan fingerprint density at radius 3 is 3.13 bits per heavy atom. The number of aromatic nitrogens is 2. The maximum atomic E-state index is 11.4. The molecule has 1 aromatic rings. The number of nitrogens with one attached hydrogen (secondary N) is 2. The number of aromatic amines is 1. The van der Waals surface area contributed by atoms with Crippen LogP contribution in [0.15, 0.2) is 6.07 Å². The average molecular weight is 206 g/mol. The van der Waals surface area contributed by atoms with E-state index in [2.05, 4.69) is 21.4 Å². The number of hydrogen-bond acceptors (Lipinski definition) is 3. The minimum atomic E-state index is -0.684. The molecule has 0 aliphatic heterocycles. The van der Waals surface area contributed by atoms with E-state index >= 15 is 0 Å². The number of carbonyl (C=O) groups is 1. The second-order valence-electron chi connectivity index (χ2n) is 3.14. The fraction of sp³-hybridized carbons (Fsp3) is 0.400. The molecular formula is C10H14N4O. The van der Waals surface area contributed by atoms with Gasteiger partial charge in [0.15, 0.2) is 5.82 Å². The molecule has 1 unspecified atom stereocenters. The Morgan fingerprint density at radius 2 is 2.60 bits per heavy atom. The quantitative estimate of drug-likeness (QED) is 0.618. The summed E-state index contributed by atoms with van der Waals surface area (Å²) < 4.78 is 0. The van der Waals surface area contributed by atoms with Gasteiger partial charge in [-0.05, 0) is 6.42 Å². The van der Waals surface area contributed by atoms with Crippen LogP contribution in [0.3, 0.4) is 0 Å². The molecule has 5 heteroatoms. The number of carbonyl (C=O) groups excluding carboxylic acids is 1. The van der Waals surface area contributed by atoms with E-state index in [1.54, 1.807) is 6.07 Å². The fourth-order valence-corrected chi connectivity index (χ4v) is 1.05. The minimum absolute atomic E-state index is 0.219. The van der Waals surface area contributed by atoms with Gasteiger partial charge in [-0.1, -0.05) is 6.92 Å². The van der Waals surface area contributed by atoms with Crippen molar-refractivity contribution in [3.05, 3.63) is 11.8 Å². The van der Waals surface area contributed by atoms with Crippen LogP contribution in [-0.2, 0) is 11.2 Å². The van der Waals surface area contributed by atoms with Crippen molar-refractivity contribution in [2.45, 2.75) is 25.8 Å². The van der Waals surface area contributed by atoms with Crippen molar-refractivity contribution in [1.29, 1.82) is 0 Å². The molecule has 5 nitrogen and oxygen atoms in total.